The molecule has 2 aromatic carbocycles. The maximum absolute atomic E-state index is 12.2. The Balaban J connectivity index is 1.10. The van der Waals surface area contributed by atoms with Crippen molar-refractivity contribution in [3.63, 3.8) is 0 Å². The SMILES string of the molecule is O=C(NCCCOCCOCCOCCOCCCCCCCl)OCC1c2ccccc2-c2ccccc21. The zero-order valence-electron chi connectivity index (χ0n) is 22.3. The number of alkyl halides is 1. The minimum atomic E-state index is -0.400. The second-order valence-electron chi connectivity index (χ2n) is 9.16. The van der Waals surface area contributed by atoms with E-state index in [1.807, 2.05) is 24.3 Å². The molecule has 0 aromatic heterocycles. The second kappa shape index (κ2) is 19.0. The van der Waals surface area contributed by atoms with Crippen LogP contribution in [0.2, 0.25) is 0 Å². The highest BCUT2D eigenvalue weighted by molar-refractivity contribution is 6.17. The van der Waals surface area contributed by atoms with Gasteiger partial charge in [0.1, 0.15) is 6.61 Å². The third-order valence-electron chi connectivity index (χ3n) is 6.37. The van der Waals surface area contributed by atoms with E-state index in [1.54, 1.807) is 0 Å². The van der Waals surface area contributed by atoms with Crippen LogP contribution in [0.1, 0.15) is 49.1 Å². The van der Waals surface area contributed by atoms with Crippen molar-refractivity contribution in [2.45, 2.75) is 38.0 Å². The van der Waals surface area contributed by atoms with Crippen molar-refractivity contribution in [1.82, 2.24) is 5.32 Å². The molecule has 1 aliphatic carbocycles. The number of hydrogen-bond donors (Lipinski definition) is 1. The first kappa shape index (κ1) is 30.4. The molecule has 0 bridgehead atoms. The van der Waals surface area contributed by atoms with Crippen molar-refractivity contribution in [2.24, 2.45) is 0 Å². The van der Waals surface area contributed by atoms with Crippen LogP contribution >= 0.6 is 11.6 Å². The van der Waals surface area contributed by atoms with E-state index in [1.165, 1.54) is 35.1 Å². The fourth-order valence-corrected chi connectivity index (χ4v) is 4.62. The highest BCUT2D eigenvalue weighted by Crippen LogP contribution is 2.44. The molecule has 0 saturated carbocycles. The molecule has 2 aromatic rings. The molecule has 0 aliphatic heterocycles. The molecule has 0 saturated heterocycles. The Morgan fingerprint density at radius 3 is 1.74 bits per heavy atom. The van der Waals surface area contributed by atoms with Crippen LogP contribution in [-0.2, 0) is 23.7 Å². The molecule has 1 aliphatic rings. The van der Waals surface area contributed by atoms with Gasteiger partial charge in [0.15, 0.2) is 0 Å². The molecular weight excluding hydrogens is 506 g/mol. The molecule has 7 nitrogen and oxygen atoms in total. The van der Waals surface area contributed by atoms with Gasteiger partial charge in [0, 0.05) is 31.6 Å². The van der Waals surface area contributed by atoms with Gasteiger partial charge < -0.3 is 29.0 Å². The summed E-state index contributed by atoms with van der Waals surface area (Å²) in [7, 11) is 0. The Morgan fingerprint density at radius 2 is 1.16 bits per heavy atom. The minimum Gasteiger partial charge on any atom is -0.449 e. The van der Waals surface area contributed by atoms with Crippen LogP contribution in [0.3, 0.4) is 0 Å². The van der Waals surface area contributed by atoms with Gasteiger partial charge in [-0.15, -0.1) is 11.6 Å². The van der Waals surface area contributed by atoms with E-state index in [9.17, 15) is 4.79 Å². The topological polar surface area (TPSA) is 75.3 Å². The summed E-state index contributed by atoms with van der Waals surface area (Å²) in [5.41, 5.74) is 4.85. The van der Waals surface area contributed by atoms with Crippen molar-refractivity contribution in [2.75, 3.05) is 71.9 Å². The molecule has 0 atom stereocenters. The highest BCUT2D eigenvalue weighted by atomic mass is 35.5. The van der Waals surface area contributed by atoms with Gasteiger partial charge in [-0.2, -0.15) is 0 Å². The summed E-state index contributed by atoms with van der Waals surface area (Å²) in [4.78, 5) is 12.2. The number of amides is 1. The largest absolute Gasteiger partial charge is 0.449 e. The molecule has 38 heavy (non-hydrogen) atoms. The predicted molar refractivity (Wildman–Crippen MR) is 150 cm³/mol. The molecule has 0 spiro atoms. The van der Waals surface area contributed by atoms with Crippen molar-refractivity contribution in [1.29, 1.82) is 0 Å². The zero-order valence-corrected chi connectivity index (χ0v) is 23.1. The van der Waals surface area contributed by atoms with Crippen molar-refractivity contribution < 1.29 is 28.5 Å². The molecule has 0 heterocycles. The quantitative estimate of drug-likeness (QED) is 0.158. The van der Waals surface area contributed by atoms with Gasteiger partial charge in [0.2, 0.25) is 0 Å². The van der Waals surface area contributed by atoms with E-state index in [0.29, 0.717) is 65.8 Å². The van der Waals surface area contributed by atoms with E-state index < -0.39 is 6.09 Å². The van der Waals surface area contributed by atoms with Crippen molar-refractivity contribution in [3.05, 3.63) is 59.7 Å². The Kier molecular flexibility index (Phi) is 15.2. The van der Waals surface area contributed by atoms with E-state index >= 15 is 0 Å². The number of hydrogen-bond acceptors (Lipinski definition) is 6. The molecular formula is C30H42ClNO6. The minimum absolute atomic E-state index is 0.0664. The lowest BCUT2D eigenvalue weighted by atomic mass is 9.98. The Labute approximate surface area is 232 Å². The fraction of sp³-hybridized carbons (Fsp3) is 0.567. The molecule has 1 N–H and O–H groups in total. The lowest BCUT2D eigenvalue weighted by Gasteiger charge is -2.14. The number of rotatable bonds is 21. The van der Waals surface area contributed by atoms with Crippen LogP contribution < -0.4 is 5.32 Å². The first-order valence-electron chi connectivity index (χ1n) is 13.8. The summed E-state index contributed by atoms with van der Waals surface area (Å²) in [5, 5.41) is 2.81. The molecule has 3 rings (SSSR count). The average Bonchev–Trinajstić information content (AvgIpc) is 3.27. The summed E-state index contributed by atoms with van der Waals surface area (Å²) in [6.45, 7) is 5.45. The number of ether oxygens (including phenoxy) is 5. The number of alkyl carbamates (subject to hydrolysis) is 1. The van der Waals surface area contributed by atoms with Crippen molar-refractivity contribution >= 4 is 17.7 Å². The number of carbonyl (C=O) groups excluding carboxylic acids is 1. The summed E-state index contributed by atoms with van der Waals surface area (Å²) < 4.78 is 27.6. The molecule has 8 heteroatoms. The van der Waals surface area contributed by atoms with Crippen LogP contribution in [-0.4, -0.2) is 78.0 Å². The van der Waals surface area contributed by atoms with Gasteiger partial charge in [0.05, 0.1) is 39.6 Å². The average molecular weight is 548 g/mol. The summed E-state index contributed by atoms with van der Waals surface area (Å²) in [6.07, 6.45) is 4.80. The van der Waals surface area contributed by atoms with Gasteiger partial charge in [-0.1, -0.05) is 61.4 Å². The van der Waals surface area contributed by atoms with Gasteiger partial charge in [0.25, 0.3) is 0 Å². The number of benzene rings is 2. The summed E-state index contributed by atoms with van der Waals surface area (Å²) in [5.74, 6) is 0.809. The number of unbranched alkanes of at least 4 members (excludes halogenated alkanes) is 3. The van der Waals surface area contributed by atoms with E-state index in [0.717, 1.165) is 25.3 Å². The monoisotopic (exact) mass is 547 g/mol. The van der Waals surface area contributed by atoms with Gasteiger partial charge in [-0.3, -0.25) is 0 Å². The lowest BCUT2D eigenvalue weighted by molar-refractivity contribution is -0.00231. The van der Waals surface area contributed by atoms with Crippen LogP contribution in [0.25, 0.3) is 11.1 Å². The highest BCUT2D eigenvalue weighted by Gasteiger charge is 2.28. The van der Waals surface area contributed by atoms with Crippen LogP contribution in [0.4, 0.5) is 4.79 Å². The van der Waals surface area contributed by atoms with Gasteiger partial charge in [-0.25, -0.2) is 4.79 Å². The maximum Gasteiger partial charge on any atom is 0.407 e. The fourth-order valence-electron chi connectivity index (χ4n) is 4.43. The summed E-state index contributed by atoms with van der Waals surface area (Å²) >= 11 is 5.65. The Bertz CT molecular complexity index is 882. The lowest BCUT2D eigenvalue weighted by Crippen LogP contribution is -2.27. The van der Waals surface area contributed by atoms with Crippen LogP contribution in [0.5, 0.6) is 0 Å². The zero-order chi connectivity index (χ0) is 26.7. The predicted octanol–water partition coefficient (Wildman–Crippen LogP) is 5.78. The maximum atomic E-state index is 12.2. The van der Waals surface area contributed by atoms with E-state index in [2.05, 4.69) is 29.6 Å². The van der Waals surface area contributed by atoms with Gasteiger partial charge in [-0.05, 0) is 41.5 Å². The molecule has 0 unspecified atom stereocenters. The first-order valence-corrected chi connectivity index (χ1v) is 14.3. The van der Waals surface area contributed by atoms with Crippen molar-refractivity contribution in [3.8, 4) is 11.1 Å². The standard InChI is InChI=1S/C30H42ClNO6/c31-14-7-1-2-8-16-34-18-20-36-22-23-37-21-19-35-17-9-15-32-30(33)38-24-29-27-12-5-3-10-25(27)26-11-4-6-13-28(26)29/h3-6,10-13,29H,1-2,7-9,14-24H2,(H,32,33). The molecule has 210 valence electrons. The third-order valence-corrected chi connectivity index (χ3v) is 6.63. The van der Waals surface area contributed by atoms with E-state index in [4.69, 9.17) is 35.3 Å². The van der Waals surface area contributed by atoms with Crippen LogP contribution in [0.15, 0.2) is 48.5 Å². The smallest absolute Gasteiger partial charge is 0.407 e. The number of fused-ring (bicyclic) bond motifs is 3. The third kappa shape index (κ3) is 10.9. The second-order valence-corrected chi connectivity index (χ2v) is 9.54. The number of carbonyl (C=O) groups is 1. The molecule has 0 radical (unpaired) electrons. The Hall–Kier alpha value is -2.16. The molecule has 0 fully saturated rings. The van der Waals surface area contributed by atoms with E-state index in [-0.39, 0.29) is 5.92 Å². The molecule has 1 amide bonds. The Morgan fingerprint density at radius 1 is 0.658 bits per heavy atom. The van der Waals surface area contributed by atoms with Crippen LogP contribution in [0, 0.1) is 0 Å². The first-order chi connectivity index (χ1) is 18.8. The number of nitrogens with one attached hydrogen (secondary N) is 1. The van der Waals surface area contributed by atoms with Gasteiger partial charge >= 0.3 is 6.09 Å². The summed E-state index contributed by atoms with van der Waals surface area (Å²) in [6, 6.07) is 16.6. The number of halogens is 1. The normalized spacial score (nSPS) is 12.3.